The van der Waals surface area contributed by atoms with E-state index in [4.69, 9.17) is 0 Å². The van der Waals surface area contributed by atoms with Crippen LogP contribution < -0.4 is 10.6 Å². The number of anilines is 1. The Bertz CT molecular complexity index is 916. The normalized spacial score (nSPS) is 13.6. The van der Waals surface area contributed by atoms with Gasteiger partial charge in [0.05, 0.1) is 12.5 Å². The number of hydrogen-bond donors (Lipinski definition) is 2. The summed E-state index contributed by atoms with van der Waals surface area (Å²) >= 11 is 0. The van der Waals surface area contributed by atoms with E-state index < -0.39 is 0 Å². The molecule has 2 N–H and O–H groups in total. The minimum absolute atomic E-state index is 0.0462. The lowest BCUT2D eigenvalue weighted by Crippen LogP contribution is -2.29. The maximum absolute atomic E-state index is 12.8. The molecule has 0 aliphatic carbocycles. The lowest BCUT2D eigenvalue weighted by atomic mass is 9.99. The van der Waals surface area contributed by atoms with Crippen molar-refractivity contribution in [2.45, 2.75) is 12.5 Å². The van der Waals surface area contributed by atoms with Crippen molar-refractivity contribution in [1.29, 1.82) is 0 Å². The minimum Gasteiger partial charge on any atom is -0.341 e. The van der Waals surface area contributed by atoms with Crippen molar-refractivity contribution in [3.63, 3.8) is 0 Å². The molecular formula is C21H17N3O2. The molecule has 1 aliphatic rings. The van der Waals surface area contributed by atoms with Gasteiger partial charge in [-0.2, -0.15) is 0 Å². The molecule has 0 bridgehead atoms. The Morgan fingerprint density at radius 3 is 2.62 bits per heavy atom. The predicted molar refractivity (Wildman–Crippen MR) is 98.8 cm³/mol. The molecule has 0 saturated heterocycles. The molecule has 0 fully saturated rings. The zero-order chi connectivity index (χ0) is 17.9. The summed E-state index contributed by atoms with van der Waals surface area (Å²) in [7, 11) is 0. The highest BCUT2D eigenvalue weighted by Crippen LogP contribution is 2.25. The van der Waals surface area contributed by atoms with E-state index in [1.165, 1.54) is 0 Å². The van der Waals surface area contributed by atoms with Crippen molar-refractivity contribution >= 4 is 17.5 Å². The summed E-state index contributed by atoms with van der Waals surface area (Å²) in [4.78, 5) is 28.5. The fraction of sp³-hybridized carbons (Fsp3) is 0.0952. The van der Waals surface area contributed by atoms with Crippen LogP contribution in [-0.4, -0.2) is 16.8 Å². The number of fused-ring (bicyclic) bond motifs is 1. The third-order valence-electron chi connectivity index (χ3n) is 4.42. The van der Waals surface area contributed by atoms with Gasteiger partial charge in [-0.15, -0.1) is 0 Å². The van der Waals surface area contributed by atoms with Crippen molar-refractivity contribution in [2.24, 2.45) is 0 Å². The van der Waals surface area contributed by atoms with Gasteiger partial charge in [-0.25, -0.2) is 0 Å². The van der Waals surface area contributed by atoms with Crippen LogP contribution in [0.5, 0.6) is 0 Å². The highest BCUT2D eigenvalue weighted by Gasteiger charge is 2.21. The van der Waals surface area contributed by atoms with E-state index in [0.29, 0.717) is 17.7 Å². The maximum atomic E-state index is 12.8. The number of carbonyl (C=O) groups is 2. The lowest BCUT2D eigenvalue weighted by Gasteiger charge is -2.19. The molecule has 26 heavy (non-hydrogen) atoms. The van der Waals surface area contributed by atoms with Gasteiger partial charge in [-0.05, 0) is 34.9 Å². The number of amides is 2. The summed E-state index contributed by atoms with van der Waals surface area (Å²) in [5, 5.41) is 5.86. The first kappa shape index (κ1) is 16.0. The standard InChI is InChI=1S/C21H17N3O2/c25-19-12-15-8-9-16(11-18(15)23-19)21(26)24-20(14-5-2-1-3-6-14)17-7-4-10-22-13-17/h1-11,13,20H,12H2,(H,23,25)(H,24,26)/t20-/m1/s1. The van der Waals surface area contributed by atoms with Gasteiger partial charge in [0.2, 0.25) is 5.91 Å². The average Bonchev–Trinajstić information content (AvgIpc) is 3.06. The highest BCUT2D eigenvalue weighted by atomic mass is 16.2. The van der Waals surface area contributed by atoms with E-state index in [-0.39, 0.29) is 17.9 Å². The van der Waals surface area contributed by atoms with Crippen molar-refractivity contribution in [2.75, 3.05) is 5.32 Å². The van der Waals surface area contributed by atoms with E-state index in [1.54, 1.807) is 24.5 Å². The molecule has 0 radical (unpaired) electrons. The van der Waals surface area contributed by atoms with Gasteiger partial charge in [0.1, 0.15) is 0 Å². The maximum Gasteiger partial charge on any atom is 0.252 e. The number of hydrogen-bond acceptors (Lipinski definition) is 3. The van der Waals surface area contributed by atoms with Crippen LogP contribution in [0.25, 0.3) is 0 Å². The first-order valence-electron chi connectivity index (χ1n) is 8.39. The quantitative estimate of drug-likeness (QED) is 0.765. The first-order valence-corrected chi connectivity index (χ1v) is 8.39. The second-order valence-corrected chi connectivity index (χ2v) is 6.20. The minimum atomic E-state index is -0.305. The third-order valence-corrected chi connectivity index (χ3v) is 4.42. The van der Waals surface area contributed by atoms with Gasteiger partial charge in [0.15, 0.2) is 0 Å². The van der Waals surface area contributed by atoms with Crippen LogP contribution in [-0.2, 0) is 11.2 Å². The number of nitrogens with zero attached hydrogens (tertiary/aromatic N) is 1. The average molecular weight is 343 g/mol. The number of benzene rings is 2. The second-order valence-electron chi connectivity index (χ2n) is 6.20. The molecule has 2 heterocycles. The fourth-order valence-corrected chi connectivity index (χ4v) is 3.12. The summed E-state index contributed by atoms with van der Waals surface area (Å²) in [6, 6.07) is 18.5. The molecule has 4 rings (SSSR count). The van der Waals surface area contributed by atoms with Crippen molar-refractivity contribution < 1.29 is 9.59 Å². The largest absolute Gasteiger partial charge is 0.341 e. The zero-order valence-corrected chi connectivity index (χ0v) is 14.0. The van der Waals surface area contributed by atoms with Gasteiger partial charge >= 0.3 is 0 Å². The Morgan fingerprint density at radius 2 is 1.85 bits per heavy atom. The molecule has 5 heteroatoms. The highest BCUT2D eigenvalue weighted by molar-refractivity contribution is 6.02. The van der Waals surface area contributed by atoms with Gasteiger partial charge in [-0.3, -0.25) is 14.6 Å². The van der Waals surface area contributed by atoms with E-state index in [1.807, 2.05) is 48.5 Å². The third kappa shape index (κ3) is 3.19. The molecular weight excluding hydrogens is 326 g/mol. The molecule has 2 amide bonds. The Labute approximate surface area is 151 Å². The van der Waals surface area contributed by atoms with Crippen LogP contribution >= 0.6 is 0 Å². The molecule has 0 spiro atoms. The van der Waals surface area contributed by atoms with Crippen LogP contribution in [0, 0.1) is 0 Å². The Kier molecular flexibility index (Phi) is 4.19. The van der Waals surface area contributed by atoms with Crippen LogP contribution in [0.1, 0.15) is 33.1 Å². The van der Waals surface area contributed by atoms with E-state index in [9.17, 15) is 9.59 Å². The summed E-state index contributed by atoms with van der Waals surface area (Å²) in [5.41, 5.74) is 4.01. The molecule has 5 nitrogen and oxygen atoms in total. The number of pyridine rings is 1. The molecule has 3 aromatic rings. The number of carbonyl (C=O) groups excluding carboxylic acids is 2. The first-order chi connectivity index (χ1) is 12.7. The van der Waals surface area contributed by atoms with Crippen LogP contribution in [0.2, 0.25) is 0 Å². The predicted octanol–water partition coefficient (Wildman–Crippen LogP) is 3.10. The van der Waals surface area contributed by atoms with Crippen molar-refractivity contribution in [1.82, 2.24) is 10.3 Å². The Morgan fingerprint density at radius 1 is 1.04 bits per heavy atom. The number of rotatable bonds is 4. The van der Waals surface area contributed by atoms with Crippen molar-refractivity contribution in [3.05, 3.63) is 95.3 Å². The SMILES string of the molecule is O=C1Cc2ccc(C(=O)N[C@H](c3ccccc3)c3cccnc3)cc2N1. The smallest absolute Gasteiger partial charge is 0.252 e. The summed E-state index contributed by atoms with van der Waals surface area (Å²) in [5.74, 6) is -0.248. The molecule has 0 unspecified atom stereocenters. The molecule has 1 aliphatic heterocycles. The summed E-state index contributed by atoms with van der Waals surface area (Å²) in [6.07, 6.45) is 3.82. The topological polar surface area (TPSA) is 71.1 Å². The van der Waals surface area contributed by atoms with E-state index in [2.05, 4.69) is 15.6 Å². The number of aromatic nitrogens is 1. The molecule has 1 atom stereocenters. The van der Waals surface area contributed by atoms with Gasteiger partial charge in [0.25, 0.3) is 5.91 Å². The monoisotopic (exact) mass is 343 g/mol. The van der Waals surface area contributed by atoms with Gasteiger partial charge in [0, 0.05) is 23.6 Å². The van der Waals surface area contributed by atoms with Crippen LogP contribution in [0.4, 0.5) is 5.69 Å². The Hall–Kier alpha value is -3.47. The van der Waals surface area contributed by atoms with Crippen molar-refractivity contribution in [3.8, 4) is 0 Å². The fourth-order valence-electron chi connectivity index (χ4n) is 3.12. The van der Waals surface area contributed by atoms with Gasteiger partial charge < -0.3 is 10.6 Å². The summed E-state index contributed by atoms with van der Waals surface area (Å²) < 4.78 is 0. The van der Waals surface area contributed by atoms with E-state index >= 15 is 0 Å². The van der Waals surface area contributed by atoms with Crippen LogP contribution in [0.3, 0.4) is 0 Å². The molecule has 2 aromatic carbocycles. The lowest BCUT2D eigenvalue weighted by molar-refractivity contribution is -0.115. The second kappa shape index (κ2) is 6.80. The summed E-state index contributed by atoms with van der Waals surface area (Å²) in [6.45, 7) is 0. The molecule has 1 aromatic heterocycles. The van der Waals surface area contributed by atoms with E-state index in [0.717, 1.165) is 16.7 Å². The van der Waals surface area contributed by atoms with Gasteiger partial charge in [-0.1, -0.05) is 42.5 Å². The number of nitrogens with one attached hydrogen (secondary N) is 2. The molecule has 0 saturated carbocycles. The Balaban J connectivity index is 1.63. The zero-order valence-electron chi connectivity index (χ0n) is 14.0. The van der Waals surface area contributed by atoms with Crippen LogP contribution in [0.15, 0.2) is 73.1 Å². The molecule has 128 valence electrons.